The van der Waals surface area contributed by atoms with E-state index in [9.17, 15) is 0 Å². The molecule has 0 saturated heterocycles. The number of aromatic nitrogens is 4. The lowest BCUT2D eigenvalue weighted by Gasteiger charge is -2.16. The first-order valence-corrected chi connectivity index (χ1v) is 28.3. The molecule has 0 fully saturated rings. The van der Waals surface area contributed by atoms with Crippen molar-refractivity contribution in [1.82, 2.24) is 19.9 Å². The second-order valence-corrected chi connectivity index (χ2v) is 22.1. The number of benzene rings is 6. The van der Waals surface area contributed by atoms with Gasteiger partial charge in [-0.3, -0.25) is 0 Å². The number of ether oxygens (including phenoxy) is 2. The van der Waals surface area contributed by atoms with Gasteiger partial charge in [0.15, 0.2) is 0 Å². The minimum Gasteiger partial charge on any atom is -0.493 e. The van der Waals surface area contributed by atoms with E-state index >= 15 is 0 Å². The average molecular weight is 1100 g/mol. The van der Waals surface area contributed by atoms with Crippen molar-refractivity contribution in [2.24, 2.45) is 0 Å². The standard InChI is InChI=1S/C65H54Cl4N4O2S/c66-44-21-13-22-45(67)60(44)64-52-31-27-48(70-52)62-49-28-32-53(71-49)65(61-46(68)23-14-24-47(61)69)55-34-30-51(73-55)63(50-29-33-54(64)72-50)59-43-20-10-8-16-40(43)26-36-57(59)75-38-12-4-2-6-18-41(76)17-5-1-3-11-37-74-56-35-25-39-15-7-9-19-42(39)58(56)62/h7-10,13-16,19-36,41,70,73,76H,1-6,11-12,17-18,37-38H2. The van der Waals surface area contributed by atoms with Crippen LogP contribution in [-0.4, -0.2) is 38.4 Å². The van der Waals surface area contributed by atoms with Crippen LogP contribution in [0.25, 0.3) is 112 Å². The molecule has 380 valence electrons. The molecule has 0 saturated carbocycles. The number of rotatable bonds is 2. The first-order chi connectivity index (χ1) is 37.3. The number of hydrogen-bond acceptors (Lipinski definition) is 5. The highest BCUT2D eigenvalue weighted by Crippen LogP contribution is 2.48. The number of aromatic amines is 2. The predicted octanol–water partition coefficient (Wildman–Crippen LogP) is 20.2. The lowest BCUT2D eigenvalue weighted by molar-refractivity contribution is 0.305. The highest BCUT2D eigenvalue weighted by Gasteiger charge is 2.26. The zero-order valence-electron chi connectivity index (χ0n) is 41.7. The molecule has 10 bridgehead atoms. The van der Waals surface area contributed by atoms with E-state index < -0.39 is 0 Å². The Morgan fingerprint density at radius 2 is 0.724 bits per heavy atom. The molecule has 6 aromatic carbocycles. The molecule has 7 heterocycles. The summed E-state index contributed by atoms with van der Waals surface area (Å²) in [6, 6.07) is 44.9. The molecule has 0 atom stereocenters. The van der Waals surface area contributed by atoms with Gasteiger partial charge in [-0.05, 0) is 132 Å². The lowest BCUT2D eigenvalue weighted by atomic mass is 9.95. The Labute approximate surface area is 468 Å². The fourth-order valence-electron chi connectivity index (χ4n) is 11.2. The second kappa shape index (κ2) is 22.3. The van der Waals surface area contributed by atoms with Crippen LogP contribution in [0.5, 0.6) is 11.5 Å². The van der Waals surface area contributed by atoms with Crippen LogP contribution in [0, 0.1) is 0 Å². The molecule has 0 spiro atoms. The number of fused-ring (bicyclic) bond motifs is 16. The Bertz CT molecular complexity index is 3660. The third-order valence-corrected chi connectivity index (χ3v) is 16.6. The third-order valence-electron chi connectivity index (χ3n) is 14.8. The molecule has 4 aliphatic rings. The molecule has 0 radical (unpaired) electrons. The van der Waals surface area contributed by atoms with Crippen LogP contribution < -0.4 is 9.47 Å². The summed E-state index contributed by atoms with van der Waals surface area (Å²) in [6.07, 6.45) is 19.0. The summed E-state index contributed by atoms with van der Waals surface area (Å²) in [4.78, 5) is 19.0. The van der Waals surface area contributed by atoms with Crippen molar-refractivity contribution in [3.63, 3.8) is 0 Å². The van der Waals surface area contributed by atoms with Gasteiger partial charge < -0.3 is 19.4 Å². The molecule has 0 aliphatic carbocycles. The van der Waals surface area contributed by atoms with Crippen LogP contribution >= 0.6 is 59.0 Å². The molecule has 0 amide bonds. The molecule has 13 rings (SSSR count). The minimum atomic E-state index is 0.401. The average Bonchev–Trinajstić information content (AvgIpc) is 4.34. The Balaban J connectivity index is 1.23. The molecule has 3 aromatic heterocycles. The number of thiol groups is 1. The normalized spacial score (nSPS) is 14.9. The van der Waals surface area contributed by atoms with Crippen molar-refractivity contribution in [3.8, 4) is 56.0 Å². The van der Waals surface area contributed by atoms with E-state index in [4.69, 9.17) is 78.5 Å². The summed E-state index contributed by atoms with van der Waals surface area (Å²) in [7, 11) is 0. The van der Waals surface area contributed by atoms with E-state index in [0.717, 1.165) is 164 Å². The molecule has 76 heavy (non-hydrogen) atoms. The van der Waals surface area contributed by atoms with Gasteiger partial charge in [0, 0.05) is 71.8 Å². The third kappa shape index (κ3) is 9.93. The van der Waals surface area contributed by atoms with Crippen LogP contribution in [0.3, 0.4) is 0 Å². The monoisotopic (exact) mass is 1090 g/mol. The largest absolute Gasteiger partial charge is 0.493 e. The van der Waals surface area contributed by atoms with Crippen molar-refractivity contribution in [2.75, 3.05) is 13.2 Å². The maximum Gasteiger partial charge on any atom is 0.127 e. The molecular formula is C65H54Cl4N4O2S. The quantitative estimate of drug-likeness (QED) is 0.151. The van der Waals surface area contributed by atoms with Crippen molar-refractivity contribution in [2.45, 2.75) is 69.5 Å². The summed E-state index contributed by atoms with van der Waals surface area (Å²) in [5, 5.41) is 6.57. The number of halogens is 4. The van der Waals surface area contributed by atoms with Gasteiger partial charge in [-0.1, -0.05) is 158 Å². The number of hydrogen-bond donors (Lipinski definition) is 3. The van der Waals surface area contributed by atoms with E-state index in [2.05, 4.69) is 131 Å². The van der Waals surface area contributed by atoms with E-state index in [1.165, 1.54) is 0 Å². The summed E-state index contributed by atoms with van der Waals surface area (Å²) in [6.45, 7) is 1.13. The van der Waals surface area contributed by atoms with Crippen molar-refractivity contribution >= 4 is 127 Å². The number of nitrogens with zero attached hydrogens (tertiary/aromatic N) is 2. The SMILES string of the molecule is SC1CCCCCCOc2ccc3ccccc3c2-c2c3nc(c(-c4c(Cl)cccc4Cl)c4ccc([nH]4)c(c4nc(c(-c5c(Cl)cccc5Cl)c5ccc2[nH]5)C=C4)-c2c(ccc4ccccc24)OCCCCCC1)C=C3. The van der Waals surface area contributed by atoms with E-state index in [0.29, 0.717) is 61.1 Å². The smallest absolute Gasteiger partial charge is 0.127 e. The van der Waals surface area contributed by atoms with Crippen molar-refractivity contribution in [3.05, 3.63) is 176 Å². The summed E-state index contributed by atoms with van der Waals surface area (Å²) < 4.78 is 13.8. The van der Waals surface area contributed by atoms with Gasteiger partial charge in [-0.25, -0.2) is 9.97 Å². The van der Waals surface area contributed by atoms with Gasteiger partial charge in [-0.15, -0.1) is 0 Å². The fraction of sp³-hybridized carbons (Fsp3) is 0.200. The highest BCUT2D eigenvalue weighted by molar-refractivity contribution is 7.80. The van der Waals surface area contributed by atoms with Gasteiger partial charge in [0.25, 0.3) is 0 Å². The van der Waals surface area contributed by atoms with Crippen LogP contribution in [0.2, 0.25) is 20.1 Å². The van der Waals surface area contributed by atoms with Crippen molar-refractivity contribution in [1.29, 1.82) is 0 Å². The summed E-state index contributed by atoms with van der Waals surface area (Å²) in [5.74, 6) is 1.53. The van der Waals surface area contributed by atoms with Gasteiger partial charge in [0.05, 0.1) is 56.1 Å². The molecule has 6 nitrogen and oxygen atoms in total. The maximum atomic E-state index is 7.25. The van der Waals surface area contributed by atoms with E-state index in [-0.39, 0.29) is 0 Å². The molecule has 0 unspecified atom stereocenters. The highest BCUT2D eigenvalue weighted by atomic mass is 35.5. The molecular weight excluding hydrogens is 1040 g/mol. The summed E-state index contributed by atoms with van der Waals surface area (Å²) in [5.41, 5.74) is 12.3. The Morgan fingerprint density at radius 1 is 0.368 bits per heavy atom. The topological polar surface area (TPSA) is 75.8 Å². The van der Waals surface area contributed by atoms with Gasteiger partial charge in [0.2, 0.25) is 0 Å². The van der Waals surface area contributed by atoms with Crippen LogP contribution in [0.15, 0.2) is 133 Å². The minimum absolute atomic E-state index is 0.401. The van der Waals surface area contributed by atoms with Gasteiger partial charge in [0.1, 0.15) is 11.5 Å². The number of H-pyrrole nitrogens is 2. The molecule has 4 aliphatic heterocycles. The maximum absolute atomic E-state index is 7.25. The first kappa shape index (κ1) is 50.4. The van der Waals surface area contributed by atoms with Crippen LogP contribution in [0.1, 0.15) is 87.0 Å². The molecule has 2 N–H and O–H groups in total. The molecule has 11 heteroatoms. The first-order valence-electron chi connectivity index (χ1n) is 26.3. The van der Waals surface area contributed by atoms with E-state index in [1.54, 1.807) is 0 Å². The van der Waals surface area contributed by atoms with Crippen LogP contribution in [0.4, 0.5) is 0 Å². The Hall–Kier alpha value is -6.45. The van der Waals surface area contributed by atoms with Crippen molar-refractivity contribution < 1.29 is 9.47 Å². The zero-order valence-corrected chi connectivity index (χ0v) is 45.7. The molecule has 9 aromatic rings. The Kier molecular flexibility index (Phi) is 14.8. The van der Waals surface area contributed by atoms with E-state index in [1.807, 2.05) is 36.4 Å². The van der Waals surface area contributed by atoms with Crippen LogP contribution in [-0.2, 0) is 0 Å². The lowest BCUT2D eigenvalue weighted by Crippen LogP contribution is -2.02. The second-order valence-electron chi connectivity index (χ2n) is 19.8. The fourth-order valence-corrected chi connectivity index (χ4v) is 12.7. The Morgan fingerprint density at radius 3 is 1.12 bits per heavy atom. The van der Waals surface area contributed by atoms with Gasteiger partial charge >= 0.3 is 0 Å². The summed E-state index contributed by atoms with van der Waals surface area (Å²) >= 11 is 34.0. The van der Waals surface area contributed by atoms with Gasteiger partial charge in [-0.2, -0.15) is 12.6 Å². The predicted molar refractivity (Wildman–Crippen MR) is 326 cm³/mol. The number of nitrogens with one attached hydrogen (secondary N) is 2. The zero-order chi connectivity index (χ0) is 51.7.